The SMILES string of the molecule is CN1CCCC(N2CCCC(CN)C2)CC1. The van der Waals surface area contributed by atoms with Crippen LogP contribution in [0, 0.1) is 5.92 Å². The van der Waals surface area contributed by atoms with Gasteiger partial charge in [-0.1, -0.05) is 0 Å². The minimum Gasteiger partial charge on any atom is -0.330 e. The van der Waals surface area contributed by atoms with Gasteiger partial charge in [-0.2, -0.15) is 0 Å². The van der Waals surface area contributed by atoms with Crippen LogP contribution < -0.4 is 5.73 Å². The highest BCUT2D eigenvalue weighted by Gasteiger charge is 2.26. The zero-order valence-electron chi connectivity index (χ0n) is 10.7. The molecule has 0 aromatic carbocycles. The van der Waals surface area contributed by atoms with E-state index in [1.54, 1.807) is 0 Å². The van der Waals surface area contributed by atoms with Gasteiger partial charge in [0.2, 0.25) is 0 Å². The molecular weight excluding hydrogens is 198 g/mol. The predicted octanol–water partition coefficient (Wildman–Crippen LogP) is 1.14. The van der Waals surface area contributed by atoms with E-state index in [9.17, 15) is 0 Å². The van der Waals surface area contributed by atoms with Crippen LogP contribution in [0.4, 0.5) is 0 Å². The molecule has 0 aliphatic carbocycles. The zero-order chi connectivity index (χ0) is 11.4. The minimum absolute atomic E-state index is 0.759. The van der Waals surface area contributed by atoms with Gasteiger partial charge in [0.1, 0.15) is 0 Å². The van der Waals surface area contributed by atoms with Crippen molar-refractivity contribution in [2.45, 2.75) is 38.1 Å². The van der Waals surface area contributed by atoms with Gasteiger partial charge in [-0.3, -0.25) is 0 Å². The Labute approximate surface area is 100.0 Å². The standard InChI is InChI=1S/C13H27N3/c1-15-7-3-5-13(6-9-15)16-8-2-4-12(10-14)11-16/h12-13H,2-11,14H2,1H3. The summed E-state index contributed by atoms with van der Waals surface area (Å²) in [4.78, 5) is 5.20. The van der Waals surface area contributed by atoms with Gasteiger partial charge in [-0.05, 0) is 71.2 Å². The molecule has 2 fully saturated rings. The Morgan fingerprint density at radius 3 is 2.69 bits per heavy atom. The maximum Gasteiger partial charge on any atom is 0.0108 e. The van der Waals surface area contributed by atoms with Crippen molar-refractivity contribution in [3.05, 3.63) is 0 Å². The summed E-state index contributed by atoms with van der Waals surface area (Å²) in [5, 5.41) is 0. The number of hydrogen-bond donors (Lipinski definition) is 1. The Bertz CT molecular complexity index is 207. The highest BCUT2D eigenvalue weighted by Crippen LogP contribution is 2.23. The predicted molar refractivity (Wildman–Crippen MR) is 68.5 cm³/mol. The van der Waals surface area contributed by atoms with Crippen LogP contribution in [0.3, 0.4) is 0 Å². The van der Waals surface area contributed by atoms with Crippen LogP contribution in [0.15, 0.2) is 0 Å². The maximum atomic E-state index is 5.81. The number of rotatable bonds is 2. The van der Waals surface area contributed by atoms with Gasteiger partial charge >= 0.3 is 0 Å². The molecule has 2 saturated heterocycles. The Morgan fingerprint density at radius 1 is 1.06 bits per heavy atom. The monoisotopic (exact) mass is 225 g/mol. The lowest BCUT2D eigenvalue weighted by atomic mass is 9.95. The molecule has 0 saturated carbocycles. The fourth-order valence-corrected chi connectivity index (χ4v) is 3.21. The lowest BCUT2D eigenvalue weighted by Crippen LogP contribution is -2.44. The van der Waals surface area contributed by atoms with Crippen LogP contribution in [0.2, 0.25) is 0 Å². The largest absolute Gasteiger partial charge is 0.330 e. The van der Waals surface area contributed by atoms with Crippen LogP contribution in [-0.2, 0) is 0 Å². The molecular formula is C13H27N3. The Balaban J connectivity index is 1.85. The molecule has 3 heteroatoms. The van der Waals surface area contributed by atoms with Gasteiger partial charge in [0.15, 0.2) is 0 Å². The first kappa shape index (κ1) is 12.3. The summed E-state index contributed by atoms with van der Waals surface area (Å²) in [7, 11) is 2.25. The second kappa shape index (κ2) is 5.99. The lowest BCUT2D eigenvalue weighted by molar-refractivity contribution is 0.115. The zero-order valence-corrected chi connectivity index (χ0v) is 10.7. The topological polar surface area (TPSA) is 32.5 Å². The van der Waals surface area contributed by atoms with Gasteiger partial charge in [-0.25, -0.2) is 0 Å². The van der Waals surface area contributed by atoms with Gasteiger partial charge < -0.3 is 15.5 Å². The highest BCUT2D eigenvalue weighted by atomic mass is 15.2. The average Bonchev–Trinajstić information content (AvgIpc) is 2.54. The van der Waals surface area contributed by atoms with Crippen LogP contribution in [0.25, 0.3) is 0 Å². The summed E-state index contributed by atoms with van der Waals surface area (Å²) in [6, 6.07) is 0.833. The fraction of sp³-hybridized carbons (Fsp3) is 1.00. The summed E-state index contributed by atoms with van der Waals surface area (Å²) in [5.74, 6) is 0.759. The first-order valence-electron chi connectivity index (χ1n) is 6.92. The quantitative estimate of drug-likeness (QED) is 0.765. The first-order chi connectivity index (χ1) is 7.79. The minimum atomic E-state index is 0.759. The molecule has 0 spiro atoms. The van der Waals surface area contributed by atoms with Crippen LogP contribution in [0.5, 0.6) is 0 Å². The number of hydrogen-bond acceptors (Lipinski definition) is 3. The second-order valence-corrected chi connectivity index (χ2v) is 5.63. The van der Waals surface area contributed by atoms with Crippen molar-refractivity contribution >= 4 is 0 Å². The number of nitrogens with zero attached hydrogens (tertiary/aromatic N) is 2. The van der Waals surface area contributed by atoms with Crippen molar-refractivity contribution in [1.82, 2.24) is 9.80 Å². The number of piperidine rings is 1. The molecule has 2 heterocycles. The van der Waals surface area contributed by atoms with Crippen LogP contribution in [-0.4, -0.2) is 55.6 Å². The normalized spacial score (nSPS) is 34.9. The first-order valence-corrected chi connectivity index (χ1v) is 6.92. The van der Waals surface area contributed by atoms with Crippen LogP contribution in [0.1, 0.15) is 32.1 Å². The molecule has 3 nitrogen and oxygen atoms in total. The molecule has 2 rings (SSSR count). The van der Waals surface area contributed by atoms with E-state index in [-0.39, 0.29) is 0 Å². The third kappa shape index (κ3) is 3.19. The van der Waals surface area contributed by atoms with Crippen molar-refractivity contribution in [2.24, 2.45) is 11.7 Å². The number of likely N-dealkylation sites (tertiary alicyclic amines) is 2. The van der Waals surface area contributed by atoms with Gasteiger partial charge in [0.25, 0.3) is 0 Å². The molecule has 2 N–H and O–H groups in total. The van der Waals surface area contributed by atoms with E-state index >= 15 is 0 Å². The Hall–Kier alpha value is -0.120. The Morgan fingerprint density at radius 2 is 1.88 bits per heavy atom. The lowest BCUT2D eigenvalue weighted by Gasteiger charge is -2.37. The van der Waals surface area contributed by atoms with E-state index in [0.29, 0.717) is 0 Å². The van der Waals surface area contributed by atoms with E-state index in [1.807, 2.05) is 0 Å². The molecule has 2 aliphatic heterocycles. The molecule has 0 amide bonds. The van der Waals surface area contributed by atoms with Crippen molar-refractivity contribution < 1.29 is 0 Å². The molecule has 0 aromatic rings. The van der Waals surface area contributed by atoms with Crippen LogP contribution >= 0.6 is 0 Å². The third-order valence-electron chi connectivity index (χ3n) is 4.32. The maximum absolute atomic E-state index is 5.81. The third-order valence-corrected chi connectivity index (χ3v) is 4.32. The molecule has 16 heavy (non-hydrogen) atoms. The van der Waals surface area contributed by atoms with Crippen molar-refractivity contribution in [2.75, 3.05) is 39.8 Å². The molecule has 2 aliphatic rings. The highest BCUT2D eigenvalue weighted by molar-refractivity contribution is 4.82. The van der Waals surface area contributed by atoms with Gasteiger partial charge in [-0.15, -0.1) is 0 Å². The average molecular weight is 225 g/mol. The van der Waals surface area contributed by atoms with Gasteiger partial charge in [0.05, 0.1) is 0 Å². The van der Waals surface area contributed by atoms with Crippen molar-refractivity contribution in [3.63, 3.8) is 0 Å². The fourth-order valence-electron chi connectivity index (χ4n) is 3.21. The smallest absolute Gasteiger partial charge is 0.0108 e. The molecule has 2 unspecified atom stereocenters. The van der Waals surface area contributed by atoms with E-state index < -0.39 is 0 Å². The van der Waals surface area contributed by atoms with E-state index in [0.717, 1.165) is 18.5 Å². The summed E-state index contributed by atoms with van der Waals surface area (Å²) >= 11 is 0. The summed E-state index contributed by atoms with van der Waals surface area (Å²) in [5.41, 5.74) is 5.81. The second-order valence-electron chi connectivity index (χ2n) is 5.63. The van der Waals surface area contributed by atoms with E-state index in [4.69, 9.17) is 5.73 Å². The molecule has 0 aromatic heterocycles. The molecule has 94 valence electrons. The summed E-state index contributed by atoms with van der Waals surface area (Å²) in [6.07, 6.45) is 6.81. The summed E-state index contributed by atoms with van der Waals surface area (Å²) in [6.45, 7) is 6.00. The Kier molecular flexibility index (Phi) is 4.62. The molecule has 2 atom stereocenters. The molecule has 0 bridgehead atoms. The van der Waals surface area contributed by atoms with Crippen molar-refractivity contribution in [3.8, 4) is 0 Å². The van der Waals surface area contributed by atoms with Crippen molar-refractivity contribution in [1.29, 1.82) is 0 Å². The van der Waals surface area contributed by atoms with Gasteiger partial charge in [0, 0.05) is 12.6 Å². The molecule has 0 radical (unpaired) electrons. The van der Waals surface area contributed by atoms with E-state index in [1.165, 1.54) is 58.3 Å². The van der Waals surface area contributed by atoms with E-state index in [2.05, 4.69) is 16.8 Å². The number of nitrogens with two attached hydrogens (primary N) is 1. The summed E-state index contributed by atoms with van der Waals surface area (Å²) < 4.78 is 0.